The van der Waals surface area contributed by atoms with Crippen molar-refractivity contribution >= 4 is 23.3 Å². The Labute approximate surface area is 141 Å². The molecule has 0 fully saturated rings. The number of nitrogens with zero attached hydrogens (tertiary/aromatic N) is 1. The number of ether oxygens (including phenoxy) is 1. The molecule has 0 radical (unpaired) electrons. The van der Waals surface area contributed by atoms with Crippen LogP contribution in [0.25, 0.3) is 0 Å². The quantitative estimate of drug-likeness (QED) is 0.788. The van der Waals surface area contributed by atoms with Gasteiger partial charge < -0.3 is 15.0 Å². The predicted octanol–water partition coefficient (Wildman–Crippen LogP) is 4.57. The maximum absolute atomic E-state index is 12.2. The molecular weight excluding hydrogens is 312 g/mol. The number of nitrogens with one attached hydrogen (secondary N) is 1. The molecule has 0 saturated heterocycles. The molecule has 0 aliphatic heterocycles. The summed E-state index contributed by atoms with van der Waals surface area (Å²) in [5, 5.41) is 3.39. The zero-order chi connectivity index (χ0) is 16.7. The van der Waals surface area contributed by atoms with Gasteiger partial charge in [-0.2, -0.15) is 0 Å². The Morgan fingerprint density at radius 2 is 2.04 bits per heavy atom. The highest BCUT2D eigenvalue weighted by Gasteiger charge is 2.09. The fraction of sp³-hybridized carbons (Fsp3) is 0.167. The molecule has 0 heterocycles. The van der Waals surface area contributed by atoms with Crippen molar-refractivity contribution in [3.63, 3.8) is 0 Å². The van der Waals surface area contributed by atoms with Crippen LogP contribution in [0.15, 0.2) is 61.2 Å². The number of hydrogen-bond donors (Lipinski definition) is 1. The van der Waals surface area contributed by atoms with Crippen LogP contribution in [0.1, 0.15) is 5.56 Å². The summed E-state index contributed by atoms with van der Waals surface area (Å²) in [6.07, 6.45) is 1.70. The molecule has 2 rings (SSSR count). The van der Waals surface area contributed by atoms with Gasteiger partial charge in [-0.3, -0.25) is 0 Å². The zero-order valence-electron chi connectivity index (χ0n) is 13.0. The topological polar surface area (TPSA) is 41.6 Å². The summed E-state index contributed by atoms with van der Waals surface area (Å²) in [6.45, 7) is 4.58. The van der Waals surface area contributed by atoms with Crippen LogP contribution in [-0.4, -0.2) is 24.6 Å². The van der Waals surface area contributed by atoms with E-state index >= 15 is 0 Å². The second-order valence-corrected chi connectivity index (χ2v) is 5.48. The highest BCUT2D eigenvalue weighted by molar-refractivity contribution is 6.30. The predicted molar refractivity (Wildman–Crippen MR) is 94.1 cm³/mol. The molecule has 0 saturated carbocycles. The van der Waals surface area contributed by atoms with E-state index in [9.17, 15) is 4.79 Å². The van der Waals surface area contributed by atoms with Crippen LogP contribution in [-0.2, 0) is 6.54 Å². The van der Waals surface area contributed by atoms with E-state index in [2.05, 4.69) is 11.9 Å². The van der Waals surface area contributed by atoms with E-state index in [1.807, 2.05) is 24.3 Å². The van der Waals surface area contributed by atoms with Crippen LogP contribution in [0.4, 0.5) is 10.5 Å². The van der Waals surface area contributed by atoms with Crippen LogP contribution in [0.3, 0.4) is 0 Å². The van der Waals surface area contributed by atoms with E-state index in [0.29, 0.717) is 23.9 Å². The second-order valence-electron chi connectivity index (χ2n) is 5.04. The van der Waals surface area contributed by atoms with Crippen molar-refractivity contribution in [2.24, 2.45) is 0 Å². The number of benzene rings is 2. The molecule has 23 heavy (non-hydrogen) atoms. The van der Waals surface area contributed by atoms with Crippen molar-refractivity contribution < 1.29 is 9.53 Å². The smallest absolute Gasteiger partial charge is 0.321 e. The Bertz CT molecular complexity index is 671. The molecule has 5 heteroatoms. The van der Waals surface area contributed by atoms with Crippen LogP contribution in [0.5, 0.6) is 5.75 Å². The lowest BCUT2D eigenvalue weighted by Gasteiger charge is -2.18. The number of amides is 2. The van der Waals surface area contributed by atoms with Crippen LogP contribution in [0.2, 0.25) is 5.02 Å². The fourth-order valence-corrected chi connectivity index (χ4v) is 2.17. The number of hydrogen-bond acceptors (Lipinski definition) is 2. The number of carbonyl (C=O) groups excluding carboxylic acids is 1. The number of urea groups is 1. The van der Waals surface area contributed by atoms with Crippen molar-refractivity contribution in [2.75, 3.05) is 19.0 Å². The van der Waals surface area contributed by atoms with Crippen molar-refractivity contribution in [3.05, 3.63) is 71.8 Å². The molecule has 0 aromatic heterocycles. The third-order valence-corrected chi connectivity index (χ3v) is 3.37. The molecule has 0 aliphatic rings. The molecule has 2 aromatic rings. The molecule has 0 spiro atoms. The third-order valence-electron chi connectivity index (χ3n) is 3.13. The molecule has 1 N–H and O–H groups in total. The number of halogens is 1. The van der Waals surface area contributed by atoms with Gasteiger partial charge in [0.15, 0.2) is 0 Å². The van der Waals surface area contributed by atoms with Crippen LogP contribution >= 0.6 is 11.6 Å². The first-order chi connectivity index (χ1) is 11.1. The molecule has 0 unspecified atom stereocenters. The van der Waals surface area contributed by atoms with Crippen LogP contribution in [0, 0.1) is 0 Å². The Morgan fingerprint density at radius 1 is 1.30 bits per heavy atom. The maximum Gasteiger partial charge on any atom is 0.321 e. The van der Waals surface area contributed by atoms with Gasteiger partial charge in [-0.1, -0.05) is 42.5 Å². The van der Waals surface area contributed by atoms with Gasteiger partial charge in [0.1, 0.15) is 12.4 Å². The number of rotatable bonds is 6. The van der Waals surface area contributed by atoms with E-state index in [0.717, 1.165) is 11.3 Å². The number of carbonyl (C=O) groups is 1. The van der Waals surface area contributed by atoms with E-state index in [1.54, 1.807) is 42.3 Å². The fourth-order valence-electron chi connectivity index (χ4n) is 1.98. The summed E-state index contributed by atoms with van der Waals surface area (Å²) in [6, 6.07) is 14.5. The van der Waals surface area contributed by atoms with E-state index in [-0.39, 0.29) is 6.03 Å². The average Bonchev–Trinajstić information content (AvgIpc) is 2.54. The molecule has 2 aromatic carbocycles. The lowest BCUT2D eigenvalue weighted by Crippen LogP contribution is -2.30. The van der Waals surface area contributed by atoms with Crippen molar-refractivity contribution in [1.29, 1.82) is 0 Å². The Balaban J connectivity index is 1.91. The first kappa shape index (κ1) is 16.9. The lowest BCUT2D eigenvalue weighted by atomic mass is 10.2. The Morgan fingerprint density at radius 3 is 2.70 bits per heavy atom. The molecule has 0 atom stereocenters. The molecule has 120 valence electrons. The van der Waals surface area contributed by atoms with E-state index in [1.165, 1.54) is 0 Å². The van der Waals surface area contributed by atoms with Crippen molar-refractivity contribution in [2.45, 2.75) is 6.54 Å². The van der Waals surface area contributed by atoms with E-state index < -0.39 is 0 Å². The summed E-state index contributed by atoms with van der Waals surface area (Å²) in [5.41, 5.74) is 1.68. The Kier molecular flexibility index (Phi) is 6.06. The van der Waals surface area contributed by atoms with Gasteiger partial charge in [-0.15, -0.1) is 0 Å². The summed E-state index contributed by atoms with van der Waals surface area (Å²) < 4.78 is 5.43. The summed E-state index contributed by atoms with van der Waals surface area (Å²) in [4.78, 5) is 13.8. The SMILES string of the molecule is C=CCOc1ccc(CN(C)C(=O)Nc2cccc(Cl)c2)cc1. The van der Waals surface area contributed by atoms with Gasteiger partial charge >= 0.3 is 6.03 Å². The lowest BCUT2D eigenvalue weighted by molar-refractivity contribution is 0.220. The molecule has 0 aliphatic carbocycles. The minimum absolute atomic E-state index is 0.195. The summed E-state index contributed by atoms with van der Waals surface area (Å²) in [7, 11) is 1.74. The first-order valence-electron chi connectivity index (χ1n) is 7.19. The Hall–Kier alpha value is -2.46. The molecule has 2 amide bonds. The molecular formula is C18H19ClN2O2. The second kappa shape index (κ2) is 8.25. The van der Waals surface area contributed by atoms with Gasteiger partial charge in [0.05, 0.1) is 0 Å². The van der Waals surface area contributed by atoms with Gasteiger partial charge in [0, 0.05) is 24.3 Å². The summed E-state index contributed by atoms with van der Waals surface area (Å²) in [5.74, 6) is 0.777. The molecule has 0 bridgehead atoms. The van der Waals surface area contributed by atoms with Gasteiger partial charge in [0.2, 0.25) is 0 Å². The maximum atomic E-state index is 12.2. The highest BCUT2D eigenvalue weighted by Crippen LogP contribution is 2.16. The molecule has 4 nitrogen and oxygen atoms in total. The zero-order valence-corrected chi connectivity index (χ0v) is 13.7. The minimum Gasteiger partial charge on any atom is -0.490 e. The minimum atomic E-state index is -0.195. The average molecular weight is 331 g/mol. The van der Waals surface area contributed by atoms with Gasteiger partial charge in [-0.25, -0.2) is 4.79 Å². The van der Waals surface area contributed by atoms with Crippen LogP contribution < -0.4 is 10.1 Å². The standard InChI is InChI=1S/C18H19ClN2O2/c1-3-11-23-17-9-7-14(8-10-17)13-21(2)18(22)20-16-6-4-5-15(19)12-16/h3-10,12H,1,11,13H2,2H3,(H,20,22). The van der Waals surface area contributed by atoms with E-state index in [4.69, 9.17) is 16.3 Å². The largest absolute Gasteiger partial charge is 0.490 e. The monoisotopic (exact) mass is 330 g/mol. The summed E-state index contributed by atoms with van der Waals surface area (Å²) >= 11 is 5.91. The van der Waals surface area contributed by atoms with Crippen molar-refractivity contribution in [3.8, 4) is 5.75 Å². The highest BCUT2D eigenvalue weighted by atomic mass is 35.5. The van der Waals surface area contributed by atoms with Gasteiger partial charge in [0.25, 0.3) is 0 Å². The van der Waals surface area contributed by atoms with Gasteiger partial charge in [-0.05, 0) is 35.9 Å². The third kappa shape index (κ3) is 5.34. The first-order valence-corrected chi connectivity index (χ1v) is 7.56. The normalized spacial score (nSPS) is 10.0. The van der Waals surface area contributed by atoms with Crippen molar-refractivity contribution in [1.82, 2.24) is 4.90 Å². The number of anilines is 1.